The summed E-state index contributed by atoms with van der Waals surface area (Å²) in [6, 6.07) is 14.8. The van der Waals surface area contributed by atoms with E-state index in [0.717, 1.165) is 28.4 Å². The Kier molecular flexibility index (Phi) is 5.47. The zero-order chi connectivity index (χ0) is 24.7. The summed E-state index contributed by atoms with van der Waals surface area (Å²) >= 11 is 0. The van der Waals surface area contributed by atoms with Crippen LogP contribution in [0.1, 0.15) is 5.56 Å². The van der Waals surface area contributed by atoms with Crippen molar-refractivity contribution in [2.24, 2.45) is 0 Å². The summed E-state index contributed by atoms with van der Waals surface area (Å²) < 4.78 is 69.7. The van der Waals surface area contributed by atoms with Gasteiger partial charge in [0.05, 0.1) is 22.8 Å². The Hall–Kier alpha value is -4.28. The number of benzene rings is 2. The Morgan fingerprint density at radius 3 is 2.46 bits per heavy atom. The molecule has 5 rings (SSSR count). The molecule has 11 heteroatoms. The van der Waals surface area contributed by atoms with Gasteiger partial charge in [-0.3, -0.25) is 0 Å². The average molecular weight is 479 g/mol. The number of pyridine rings is 1. The van der Waals surface area contributed by atoms with Crippen LogP contribution >= 0.6 is 0 Å². The molecule has 0 atom stereocenters. The standard InChI is InChI=1S/C24H15BF5N5/c25-15-4-1-3-13(9-15)21-20(19-8-7-14(24(28,29)30)12-35(19)34-21)22-18(27)11-31-23(33-22)32-17-6-2-5-16(26)10-17/h1-12H,25H2,(H,31,32,33). The molecule has 0 aliphatic carbocycles. The molecule has 0 aliphatic heterocycles. The van der Waals surface area contributed by atoms with Crippen LogP contribution < -0.4 is 10.8 Å². The maximum Gasteiger partial charge on any atom is 0.417 e. The molecule has 35 heavy (non-hydrogen) atoms. The number of fused-ring (bicyclic) bond motifs is 1. The molecule has 5 nitrogen and oxygen atoms in total. The molecule has 1 N–H and O–H groups in total. The lowest BCUT2D eigenvalue weighted by Gasteiger charge is -2.09. The van der Waals surface area contributed by atoms with E-state index >= 15 is 4.39 Å². The number of halogens is 5. The molecule has 2 aromatic carbocycles. The lowest BCUT2D eigenvalue weighted by atomic mass is 9.92. The minimum absolute atomic E-state index is 0.0200. The highest BCUT2D eigenvalue weighted by Crippen LogP contribution is 2.37. The van der Waals surface area contributed by atoms with Gasteiger partial charge in [0.25, 0.3) is 0 Å². The van der Waals surface area contributed by atoms with Gasteiger partial charge in [-0.25, -0.2) is 23.3 Å². The molecule has 174 valence electrons. The highest BCUT2D eigenvalue weighted by atomic mass is 19.4. The van der Waals surface area contributed by atoms with Crippen LogP contribution in [0.25, 0.3) is 28.0 Å². The molecule has 3 heterocycles. The molecule has 0 fully saturated rings. The largest absolute Gasteiger partial charge is 0.417 e. The number of anilines is 2. The minimum Gasteiger partial charge on any atom is -0.324 e. The van der Waals surface area contributed by atoms with Crippen molar-refractivity contribution in [2.45, 2.75) is 6.18 Å². The second kappa shape index (κ2) is 8.50. The summed E-state index contributed by atoms with van der Waals surface area (Å²) in [6.07, 6.45) is -2.79. The van der Waals surface area contributed by atoms with Crippen molar-refractivity contribution in [3.63, 3.8) is 0 Å². The third kappa shape index (κ3) is 4.44. The fraction of sp³-hybridized carbons (Fsp3) is 0.0417. The number of rotatable bonds is 4. The maximum atomic E-state index is 15.1. The van der Waals surface area contributed by atoms with E-state index in [2.05, 4.69) is 20.4 Å². The van der Waals surface area contributed by atoms with Crippen LogP contribution in [-0.2, 0) is 6.18 Å². The third-order valence-electron chi connectivity index (χ3n) is 5.31. The van der Waals surface area contributed by atoms with Crippen LogP contribution in [-0.4, -0.2) is 27.4 Å². The quantitative estimate of drug-likeness (QED) is 0.299. The third-order valence-corrected chi connectivity index (χ3v) is 5.31. The zero-order valence-electron chi connectivity index (χ0n) is 18.1. The Morgan fingerprint density at radius 2 is 1.71 bits per heavy atom. The number of nitrogens with one attached hydrogen (secondary N) is 1. The van der Waals surface area contributed by atoms with Crippen LogP contribution in [0.5, 0.6) is 0 Å². The van der Waals surface area contributed by atoms with Gasteiger partial charge in [0, 0.05) is 17.4 Å². The summed E-state index contributed by atoms with van der Waals surface area (Å²) in [7, 11) is 1.85. The minimum atomic E-state index is -4.58. The van der Waals surface area contributed by atoms with Crippen LogP contribution in [0, 0.1) is 11.6 Å². The van der Waals surface area contributed by atoms with Crippen molar-refractivity contribution < 1.29 is 22.0 Å². The summed E-state index contributed by atoms with van der Waals surface area (Å²) in [6.45, 7) is 0. The topological polar surface area (TPSA) is 55.1 Å². The Labute approximate surface area is 196 Å². The molecule has 0 spiro atoms. The second-order valence-electron chi connectivity index (χ2n) is 7.86. The van der Waals surface area contributed by atoms with Crippen molar-refractivity contribution in [3.05, 3.63) is 90.3 Å². The van der Waals surface area contributed by atoms with E-state index < -0.39 is 23.4 Å². The molecule has 3 aromatic heterocycles. The molecule has 0 saturated heterocycles. The van der Waals surface area contributed by atoms with Gasteiger partial charge in [-0.15, -0.1) is 0 Å². The number of aromatic nitrogens is 4. The van der Waals surface area contributed by atoms with Gasteiger partial charge < -0.3 is 5.32 Å². The van der Waals surface area contributed by atoms with Gasteiger partial charge in [0.1, 0.15) is 25.1 Å². The van der Waals surface area contributed by atoms with Crippen LogP contribution in [0.3, 0.4) is 0 Å². The lowest BCUT2D eigenvalue weighted by Crippen LogP contribution is -2.06. The molecule has 0 saturated carbocycles. The first-order valence-electron chi connectivity index (χ1n) is 10.4. The van der Waals surface area contributed by atoms with Crippen LogP contribution in [0.2, 0.25) is 0 Å². The summed E-state index contributed by atoms with van der Waals surface area (Å²) in [5.41, 5.74) is 1.43. The molecule has 0 bridgehead atoms. The lowest BCUT2D eigenvalue weighted by molar-refractivity contribution is -0.137. The van der Waals surface area contributed by atoms with E-state index in [0.29, 0.717) is 11.3 Å². The smallest absolute Gasteiger partial charge is 0.324 e. The van der Waals surface area contributed by atoms with Crippen molar-refractivity contribution in [2.75, 3.05) is 5.32 Å². The predicted octanol–water partition coefficient (Wildman–Crippen LogP) is 4.76. The Bertz CT molecular complexity index is 1560. The summed E-state index contributed by atoms with van der Waals surface area (Å²) in [5, 5.41) is 7.18. The first-order chi connectivity index (χ1) is 16.7. The first-order valence-corrected chi connectivity index (χ1v) is 10.4. The summed E-state index contributed by atoms with van der Waals surface area (Å²) in [5.74, 6) is -1.30. The predicted molar refractivity (Wildman–Crippen MR) is 124 cm³/mol. The van der Waals surface area contributed by atoms with Gasteiger partial charge in [-0.05, 0) is 30.3 Å². The van der Waals surface area contributed by atoms with Crippen molar-refractivity contribution in [3.8, 4) is 22.5 Å². The van der Waals surface area contributed by atoms with Gasteiger partial charge in [0.15, 0.2) is 5.82 Å². The molecule has 0 amide bonds. The zero-order valence-corrected chi connectivity index (χ0v) is 18.1. The van der Waals surface area contributed by atoms with E-state index in [1.807, 2.05) is 13.9 Å². The monoisotopic (exact) mass is 479 g/mol. The van der Waals surface area contributed by atoms with Gasteiger partial charge >= 0.3 is 6.18 Å². The SMILES string of the molecule is Bc1cccc(-c2nn3cc(C(F)(F)F)ccc3c2-c2nc(Nc3cccc(F)c3)ncc2F)c1. The van der Waals surface area contributed by atoms with E-state index in [1.54, 1.807) is 24.3 Å². The van der Waals surface area contributed by atoms with Gasteiger partial charge in [-0.1, -0.05) is 35.8 Å². The molecular formula is C24H15BF5N5. The fourth-order valence-electron chi connectivity index (χ4n) is 3.74. The normalized spacial score (nSPS) is 11.7. The van der Waals surface area contributed by atoms with Crippen LogP contribution in [0.15, 0.2) is 73.1 Å². The Morgan fingerprint density at radius 1 is 0.914 bits per heavy atom. The highest BCUT2D eigenvalue weighted by Gasteiger charge is 2.32. The molecule has 0 radical (unpaired) electrons. The number of hydrogen-bond donors (Lipinski definition) is 1. The molecule has 0 unspecified atom stereocenters. The van der Waals surface area contributed by atoms with E-state index in [4.69, 9.17) is 0 Å². The van der Waals surface area contributed by atoms with Gasteiger partial charge in [-0.2, -0.15) is 18.3 Å². The average Bonchev–Trinajstić information content (AvgIpc) is 3.18. The molecule has 0 aliphatic rings. The first kappa shape index (κ1) is 22.5. The molecular weight excluding hydrogens is 464 g/mol. The van der Waals surface area contributed by atoms with Crippen molar-refractivity contribution >= 4 is 30.5 Å². The summed E-state index contributed by atoms with van der Waals surface area (Å²) in [4.78, 5) is 8.20. The van der Waals surface area contributed by atoms with E-state index in [-0.39, 0.29) is 28.4 Å². The van der Waals surface area contributed by atoms with E-state index in [1.165, 1.54) is 24.3 Å². The van der Waals surface area contributed by atoms with Crippen molar-refractivity contribution in [1.29, 1.82) is 0 Å². The fourth-order valence-corrected chi connectivity index (χ4v) is 3.74. The number of alkyl halides is 3. The highest BCUT2D eigenvalue weighted by molar-refractivity contribution is 6.32. The van der Waals surface area contributed by atoms with Crippen LogP contribution in [0.4, 0.5) is 33.6 Å². The Balaban J connectivity index is 1.72. The molecule has 5 aromatic rings. The van der Waals surface area contributed by atoms with Crippen molar-refractivity contribution in [1.82, 2.24) is 19.6 Å². The van der Waals surface area contributed by atoms with Gasteiger partial charge in [0.2, 0.25) is 5.95 Å². The maximum absolute atomic E-state index is 15.1. The van der Waals surface area contributed by atoms with E-state index in [9.17, 15) is 17.6 Å². The number of nitrogens with zero attached hydrogens (tertiary/aromatic N) is 4. The second-order valence-corrected chi connectivity index (χ2v) is 7.86. The number of hydrogen-bond acceptors (Lipinski definition) is 4.